The Bertz CT molecular complexity index is 1160. The van der Waals surface area contributed by atoms with Gasteiger partial charge in [-0.25, -0.2) is 4.39 Å². The summed E-state index contributed by atoms with van der Waals surface area (Å²) in [5, 5.41) is 3.57. The fraction of sp³-hybridized carbons (Fsp3) is 0.292. The molecule has 0 spiro atoms. The van der Waals surface area contributed by atoms with Crippen molar-refractivity contribution in [2.24, 2.45) is 17.4 Å². The molecule has 0 aliphatic heterocycles. The summed E-state index contributed by atoms with van der Waals surface area (Å²) in [6, 6.07) is 6.75. The number of nitrogens with zero attached hydrogens (tertiary/aromatic N) is 3. The molecule has 180 valence electrons. The molecule has 1 atom stereocenters. The zero-order valence-corrected chi connectivity index (χ0v) is 19.3. The summed E-state index contributed by atoms with van der Waals surface area (Å²) in [5.74, 6) is -0.504. The molecule has 8 nitrogen and oxygen atoms in total. The summed E-state index contributed by atoms with van der Waals surface area (Å²) in [4.78, 5) is 19.8. The standard InChI is InChI=1S/C24H28F2N6O2/c1-14(2)6-16(10-27)31-22-13-30-21(19-8-18(34-3)4-5-20(19)25)9-23(22)32(26)17-7-15(24(28)33)11-29-12-17/h4-5,7-9,11-14,16,31H,6,10,27H2,1-3H3,(H2,28,33)/t16-/m1/s1. The van der Waals surface area contributed by atoms with E-state index in [2.05, 4.69) is 29.1 Å². The van der Waals surface area contributed by atoms with Crippen LogP contribution in [-0.4, -0.2) is 35.6 Å². The molecule has 3 rings (SSSR count). The van der Waals surface area contributed by atoms with Crippen LogP contribution in [0.3, 0.4) is 0 Å². The molecule has 2 heterocycles. The first-order chi connectivity index (χ1) is 16.2. The van der Waals surface area contributed by atoms with E-state index >= 15 is 4.48 Å². The monoisotopic (exact) mass is 470 g/mol. The number of methoxy groups -OCH3 is 1. The van der Waals surface area contributed by atoms with Crippen LogP contribution >= 0.6 is 0 Å². The number of ether oxygens (including phenoxy) is 1. The number of amides is 1. The number of anilines is 3. The molecule has 0 saturated heterocycles. The fourth-order valence-corrected chi connectivity index (χ4v) is 3.51. The Kier molecular flexibility index (Phi) is 7.95. The Labute approximate surface area is 196 Å². The van der Waals surface area contributed by atoms with E-state index in [9.17, 15) is 9.18 Å². The molecule has 0 aliphatic rings. The van der Waals surface area contributed by atoms with Crippen molar-refractivity contribution in [1.82, 2.24) is 9.97 Å². The van der Waals surface area contributed by atoms with Crippen molar-refractivity contribution in [3.63, 3.8) is 0 Å². The molecule has 0 aliphatic carbocycles. The van der Waals surface area contributed by atoms with Gasteiger partial charge in [0.05, 0.1) is 42.1 Å². The van der Waals surface area contributed by atoms with Gasteiger partial charge in [0.15, 0.2) is 0 Å². The number of aromatic nitrogens is 2. The summed E-state index contributed by atoms with van der Waals surface area (Å²) in [6.45, 7) is 4.43. The average molecular weight is 471 g/mol. The van der Waals surface area contributed by atoms with E-state index in [1.54, 1.807) is 0 Å². The summed E-state index contributed by atoms with van der Waals surface area (Å²) in [7, 11) is 1.46. The van der Waals surface area contributed by atoms with E-state index in [-0.39, 0.29) is 34.2 Å². The zero-order valence-electron chi connectivity index (χ0n) is 19.3. The van der Waals surface area contributed by atoms with Gasteiger partial charge in [0, 0.05) is 24.3 Å². The lowest BCUT2D eigenvalue weighted by atomic mass is 10.0. The number of primary amides is 1. The van der Waals surface area contributed by atoms with Crippen LogP contribution in [0.25, 0.3) is 11.3 Å². The van der Waals surface area contributed by atoms with E-state index in [4.69, 9.17) is 16.2 Å². The lowest BCUT2D eigenvalue weighted by molar-refractivity contribution is 0.1000. The lowest BCUT2D eigenvalue weighted by Crippen LogP contribution is -2.30. The lowest BCUT2D eigenvalue weighted by Gasteiger charge is -2.24. The number of nitrogens with one attached hydrogen (secondary N) is 1. The van der Waals surface area contributed by atoms with Crippen molar-refractivity contribution < 1.29 is 18.4 Å². The maximum Gasteiger partial charge on any atom is 0.250 e. The minimum absolute atomic E-state index is 0.0317. The fourth-order valence-electron chi connectivity index (χ4n) is 3.51. The van der Waals surface area contributed by atoms with Crippen molar-refractivity contribution in [3.8, 4) is 17.0 Å². The number of hydrogen-bond acceptors (Lipinski definition) is 7. The Morgan fingerprint density at radius 3 is 2.62 bits per heavy atom. The molecule has 0 unspecified atom stereocenters. The second-order valence-electron chi connectivity index (χ2n) is 8.22. The van der Waals surface area contributed by atoms with Gasteiger partial charge in [0.1, 0.15) is 17.3 Å². The highest BCUT2D eigenvalue weighted by atomic mass is 19.2. The Balaban J connectivity index is 2.11. The van der Waals surface area contributed by atoms with Crippen molar-refractivity contribution >= 4 is 23.0 Å². The van der Waals surface area contributed by atoms with Crippen LogP contribution in [0.4, 0.5) is 25.9 Å². The molecule has 3 aromatic rings. The van der Waals surface area contributed by atoms with E-state index < -0.39 is 11.7 Å². The van der Waals surface area contributed by atoms with Gasteiger partial charge in [-0.1, -0.05) is 18.3 Å². The molecule has 0 fully saturated rings. The SMILES string of the molecule is COc1ccc(F)c(-c2cc(N(F)c3cncc(C(N)=O)c3)c(N[C@@H](CN)CC(C)C)cn2)c1. The van der Waals surface area contributed by atoms with Crippen LogP contribution in [0.5, 0.6) is 5.75 Å². The second kappa shape index (κ2) is 10.9. The Hall–Kier alpha value is -3.79. The van der Waals surface area contributed by atoms with E-state index in [0.29, 0.717) is 29.0 Å². The van der Waals surface area contributed by atoms with Gasteiger partial charge in [-0.05, 0) is 42.7 Å². The number of carbonyl (C=O) groups is 1. The van der Waals surface area contributed by atoms with Crippen molar-refractivity contribution in [1.29, 1.82) is 0 Å². The van der Waals surface area contributed by atoms with E-state index in [1.165, 1.54) is 56.0 Å². The van der Waals surface area contributed by atoms with Crippen LogP contribution in [0.15, 0.2) is 48.9 Å². The number of rotatable bonds is 10. The minimum atomic E-state index is -0.741. The van der Waals surface area contributed by atoms with Crippen molar-refractivity contribution in [2.75, 3.05) is 24.1 Å². The first-order valence-corrected chi connectivity index (χ1v) is 10.7. The van der Waals surface area contributed by atoms with Crippen LogP contribution < -0.4 is 26.6 Å². The number of halogens is 2. The molecular weight excluding hydrogens is 442 g/mol. The summed E-state index contributed by atoms with van der Waals surface area (Å²) < 4.78 is 35.5. The minimum Gasteiger partial charge on any atom is -0.497 e. The van der Waals surface area contributed by atoms with E-state index in [1.807, 2.05) is 0 Å². The van der Waals surface area contributed by atoms with Gasteiger partial charge in [0.2, 0.25) is 5.91 Å². The molecule has 0 bridgehead atoms. The summed E-state index contributed by atoms with van der Waals surface area (Å²) in [5.41, 5.74) is 12.0. The predicted octanol–water partition coefficient (Wildman–Crippen LogP) is 4.20. The molecule has 0 saturated carbocycles. The first kappa shape index (κ1) is 24.8. The maximum absolute atomic E-state index is 15.8. The third-order valence-corrected chi connectivity index (χ3v) is 5.18. The normalized spacial score (nSPS) is 11.9. The van der Waals surface area contributed by atoms with Gasteiger partial charge < -0.3 is 21.5 Å². The molecule has 0 radical (unpaired) electrons. The number of pyridine rings is 2. The first-order valence-electron chi connectivity index (χ1n) is 10.7. The zero-order chi connectivity index (χ0) is 24.8. The molecule has 10 heteroatoms. The third-order valence-electron chi connectivity index (χ3n) is 5.18. The maximum atomic E-state index is 15.8. The highest BCUT2D eigenvalue weighted by Gasteiger charge is 2.21. The van der Waals surface area contributed by atoms with Crippen molar-refractivity contribution in [2.45, 2.75) is 26.3 Å². The predicted molar refractivity (Wildman–Crippen MR) is 128 cm³/mol. The second-order valence-corrected chi connectivity index (χ2v) is 8.22. The van der Waals surface area contributed by atoms with Gasteiger partial charge in [0.25, 0.3) is 0 Å². The largest absolute Gasteiger partial charge is 0.497 e. The topological polar surface area (TPSA) is 119 Å². The Morgan fingerprint density at radius 2 is 1.97 bits per heavy atom. The Morgan fingerprint density at radius 1 is 1.21 bits per heavy atom. The van der Waals surface area contributed by atoms with Gasteiger partial charge in [-0.15, -0.1) is 0 Å². The van der Waals surface area contributed by atoms with Crippen LogP contribution in [-0.2, 0) is 0 Å². The molecule has 1 aromatic carbocycles. The molecule has 1 amide bonds. The molecule has 34 heavy (non-hydrogen) atoms. The van der Waals surface area contributed by atoms with Crippen LogP contribution in [0.2, 0.25) is 0 Å². The summed E-state index contributed by atoms with van der Waals surface area (Å²) >= 11 is 0. The molecular formula is C24H28F2N6O2. The van der Waals surface area contributed by atoms with Gasteiger partial charge >= 0.3 is 0 Å². The van der Waals surface area contributed by atoms with E-state index in [0.717, 1.165) is 6.42 Å². The quantitative estimate of drug-likeness (QED) is 0.380. The highest BCUT2D eigenvalue weighted by Crippen LogP contribution is 2.37. The van der Waals surface area contributed by atoms with Crippen LogP contribution in [0, 0.1) is 11.7 Å². The average Bonchev–Trinajstić information content (AvgIpc) is 2.83. The smallest absolute Gasteiger partial charge is 0.250 e. The molecule has 5 N–H and O–H groups in total. The number of hydrogen-bond donors (Lipinski definition) is 3. The van der Waals surface area contributed by atoms with Gasteiger partial charge in [-0.2, -0.15) is 5.12 Å². The summed E-state index contributed by atoms with van der Waals surface area (Å²) in [6.07, 6.45) is 4.66. The number of nitrogens with two attached hydrogens (primary N) is 2. The van der Waals surface area contributed by atoms with Gasteiger partial charge in [-0.3, -0.25) is 14.8 Å². The third kappa shape index (κ3) is 5.76. The number of carbonyl (C=O) groups excluding carboxylic acids is 1. The highest BCUT2D eigenvalue weighted by molar-refractivity contribution is 5.93. The number of benzene rings is 1. The van der Waals surface area contributed by atoms with Crippen LogP contribution in [0.1, 0.15) is 30.6 Å². The van der Waals surface area contributed by atoms with Crippen molar-refractivity contribution in [3.05, 3.63) is 60.3 Å². The molecule has 2 aromatic heterocycles.